The van der Waals surface area contributed by atoms with Gasteiger partial charge in [0, 0.05) is 19.3 Å². The van der Waals surface area contributed by atoms with Gasteiger partial charge in [-0.2, -0.15) is 0 Å². The van der Waals surface area contributed by atoms with Crippen LogP contribution in [0.3, 0.4) is 0 Å². The molecule has 0 aromatic heterocycles. The lowest BCUT2D eigenvalue weighted by atomic mass is 10.0. The number of esters is 2. The molecule has 0 saturated carbocycles. The number of rotatable bonds is 56. The third-order valence-corrected chi connectivity index (χ3v) is 14.2. The van der Waals surface area contributed by atoms with E-state index in [2.05, 4.69) is 26.0 Å². The summed E-state index contributed by atoms with van der Waals surface area (Å²) in [5, 5.41) is 11.7. The van der Waals surface area contributed by atoms with Crippen molar-refractivity contribution in [3.05, 3.63) is 12.2 Å². The number of hydrogen-bond acceptors (Lipinski definition) is 7. The number of ether oxygens (including phenoxy) is 3. The fourth-order valence-electron chi connectivity index (χ4n) is 9.48. The van der Waals surface area contributed by atoms with Crippen molar-refractivity contribution in [3.8, 4) is 0 Å². The Labute approximate surface area is 429 Å². The van der Waals surface area contributed by atoms with Gasteiger partial charge in [-0.3, -0.25) is 9.59 Å². The van der Waals surface area contributed by atoms with Gasteiger partial charge in [-0.1, -0.05) is 264 Å². The lowest BCUT2D eigenvalue weighted by Gasteiger charge is -2.34. The molecule has 0 aromatic rings. The molecule has 0 fully saturated rings. The molecule has 0 aliphatic heterocycles. The van der Waals surface area contributed by atoms with Gasteiger partial charge in [0.05, 0.1) is 40.3 Å². The summed E-state index contributed by atoms with van der Waals surface area (Å²) < 4.78 is 17.3. The molecule has 69 heavy (non-hydrogen) atoms. The Bertz CT molecular complexity index is 1140. The summed E-state index contributed by atoms with van der Waals surface area (Å²) in [6, 6.07) is -0.723. The highest BCUT2D eigenvalue weighted by Crippen LogP contribution is 2.18. The van der Waals surface area contributed by atoms with Gasteiger partial charge in [-0.15, -0.1) is 0 Å². The molecule has 0 heterocycles. The van der Waals surface area contributed by atoms with Gasteiger partial charge in [0.2, 0.25) is 0 Å². The van der Waals surface area contributed by atoms with Crippen LogP contribution in [0.25, 0.3) is 0 Å². The minimum Gasteiger partial charge on any atom is -0.544 e. The predicted molar refractivity (Wildman–Crippen MR) is 291 cm³/mol. The molecule has 2 unspecified atom stereocenters. The summed E-state index contributed by atoms with van der Waals surface area (Å²) in [6.45, 7) is 4.73. The highest BCUT2D eigenvalue weighted by molar-refractivity contribution is 5.70. The van der Waals surface area contributed by atoms with E-state index in [0.717, 1.165) is 38.5 Å². The number of carboxylic acid groups (broad SMARTS) is 1. The minimum atomic E-state index is -1.12. The number of carbonyl (C=O) groups is 3. The zero-order valence-corrected chi connectivity index (χ0v) is 46.8. The number of likely N-dealkylation sites (N-methyl/N-ethyl adjacent to an activating group) is 1. The van der Waals surface area contributed by atoms with Crippen LogP contribution in [0.2, 0.25) is 0 Å². The second-order valence-corrected chi connectivity index (χ2v) is 21.9. The molecule has 408 valence electrons. The lowest BCUT2D eigenvalue weighted by Crippen LogP contribution is -2.55. The second-order valence-electron chi connectivity index (χ2n) is 21.9. The van der Waals surface area contributed by atoms with Crippen molar-refractivity contribution in [2.24, 2.45) is 0 Å². The van der Waals surface area contributed by atoms with E-state index in [1.54, 1.807) is 0 Å². The van der Waals surface area contributed by atoms with Crippen molar-refractivity contribution in [1.29, 1.82) is 0 Å². The van der Waals surface area contributed by atoms with Crippen LogP contribution in [0.1, 0.15) is 309 Å². The van der Waals surface area contributed by atoms with Gasteiger partial charge in [0.1, 0.15) is 12.6 Å². The number of carboxylic acids is 1. The van der Waals surface area contributed by atoms with Crippen LogP contribution in [0.5, 0.6) is 0 Å². The number of aliphatic carboxylic acids is 1. The van der Waals surface area contributed by atoms with Gasteiger partial charge in [0.15, 0.2) is 6.10 Å². The van der Waals surface area contributed by atoms with Crippen LogP contribution < -0.4 is 5.11 Å². The average molecular weight is 977 g/mol. The fraction of sp³-hybridized carbons (Fsp3) is 0.918. The van der Waals surface area contributed by atoms with Crippen LogP contribution in [-0.4, -0.2) is 75.5 Å². The standard InChI is InChI=1S/C61H117NO7/c1-6-8-10-12-14-16-18-20-22-24-26-28-29-30-32-33-35-37-39-41-43-45-47-49-51-59(63)68-56-57(55-67-54-53-58(61(65)66)62(3,4)5)69-60(64)52-50-48-46-44-42-40-38-36-34-31-27-25-23-21-19-17-15-13-11-9-7-2/h25,27,57-58H,6-24,26,28-56H2,1-5H3/b27-25-. The van der Waals surface area contributed by atoms with Gasteiger partial charge in [-0.25, -0.2) is 0 Å². The Balaban J connectivity index is 4.09. The van der Waals surface area contributed by atoms with Crippen LogP contribution in [0.4, 0.5) is 0 Å². The first-order valence-electron chi connectivity index (χ1n) is 30.2. The summed E-state index contributed by atoms with van der Waals surface area (Å²) in [5.74, 6) is -1.71. The molecule has 0 rings (SSSR count). The predicted octanol–water partition coefficient (Wildman–Crippen LogP) is 16.8. The van der Waals surface area contributed by atoms with Crippen molar-refractivity contribution >= 4 is 17.9 Å². The van der Waals surface area contributed by atoms with E-state index < -0.39 is 18.1 Å². The molecule has 2 atom stereocenters. The van der Waals surface area contributed by atoms with Crippen molar-refractivity contribution < 1.29 is 38.2 Å². The van der Waals surface area contributed by atoms with Gasteiger partial charge >= 0.3 is 11.9 Å². The second kappa shape index (κ2) is 52.4. The van der Waals surface area contributed by atoms with E-state index in [9.17, 15) is 19.5 Å². The maximum atomic E-state index is 12.8. The molecular weight excluding hydrogens is 859 g/mol. The Morgan fingerprint density at radius 1 is 0.420 bits per heavy atom. The Hall–Kier alpha value is -1.93. The molecule has 0 saturated heterocycles. The molecule has 8 nitrogen and oxygen atoms in total. The average Bonchev–Trinajstić information content (AvgIpc) is 3.31. The Morgan fingerprint density at radius 2 is 0.725 bits per heavy atom. The van der Waals surface area contributed by atoms with E-state index in [1.165, 1.54) is 238 Å². The first kappa shape index (κ1) is 67.1. The molecule has 8 heteroatoms. The molecule has 0 aliphatic carbocycles. The zero-order valence-electron chi connectivity index (χ0n) is 46.8. The summed E-state index contributed by atoms with van der Waals surface area (Å²) in [7, 11) is 5.44. The molecule has 0 N–H and O–H groups in total. The Kier molecular flexibility index (Phi) is 50.9. The topological polar surface area (TPSA) is 102 Å². The molecule has 0 spiro atoms. The maximum absolute atomic E-state index is 12.8. The monoisotopic (exact) mass is 976 g/mol. The van der Waals surface area contributed by atoms with Gasteiger partial charge in [0.25, 0.3) is 0 Å². The van der Waals surface area contributed by atoms with Crippen LogP contribution >= 0.6 is 0 Å². The number of carbonyl (C=O) groups excluding carboxylic acids is 3. The molecular formula is C61H117NO7. The molecule has 0 aliphatic rings. The molecule has 0 amide bonds. The van der Waals surface area contributed by atoms with Crippen molar-refractivity contribution in [2.75, 3.05) is 41.0 Å². The summed E-state index contributed by atoms with van der Waals surface area (Å²) in [5.41, 5.74) is 0. The molecule has 0 bridgehead atoms. The summed E-state index contributed by atoms with van der Waals surface area (Å²) >= 11 is 0. The number of nitrogens with zero attached hydrogens (tertiary/aromatic N) is 1. The van der Waals surface area contributed by atoms with Crippen LogP contribution in [-0.2, 0) is 28.6 Å². The molecule has 0 aromatic carbocycles. The van der Waals surface area contributed by atoms with Crippen molar-refractivity contribution in [3.63, 3.8) is 0 Å². The number of quaternary nitrogens is 1. The largest absolute Gasteiger partial charge is 0.544 e. The van der Waals surface area contributed by atoms with E-state index in [4.69, 9.17) is 14.2 Å². The molecule has 0 radical (unpaired) electrons. The third kappa shape index (κ3) is 50.8. The van der Waals surface area contributed by atoms with Crippen LogP contribution in [0, 0.1) is 0 Å². The smallest absolute Gasteiger partial charge is 0.306 e. The van der Waals surface area contributed by atoms with Crippen molar-refractivity contribution in [2.45, 2.75) is 321 Å². The number of hydrogen-bond donors (Lipinski definition) is 0. The van der Waals surface area contributed by atoms with E-state index in [1.807, 2.05) is 21.1 Å². The van der Waals surface area contributed by atoms with Crippen LogP contribution in [0.15, 0.2) is 12.2 Å². The normalized spacial score (nSPS) is 12.8. The van der Waals surface area contributed by atoms with E-state index in [-0.39, 0.29) is 42.7 Å². The number of allylic oxidation sites excluding steroid dienone is 2. The lowest BCUT2D eigenvalue weighted by molar-refractivity contribution is -0.889. The number of unbranched alkanes of at least 4 members (excludes halogenated alkanes) is 40. The zero-order chi connectivity index (χ0) is 50.6. The third-order valence-electron chi connectivity index (χ3n) is 14.2. The summed E-state index contributed by atoms with van der Waals surface area (Å²) in [4.78, 5) is 37.2. The van der Waals surface area contributed by atoms with E-state index >= 15 is 0 Å². The van der Waals surface area contributed by atoms with Gasteiger partial charge in [-0.05, 0) is 38.5 Å². The fourth-order valence-corrected chi connectivity index (χ4v) is 9.48. The van der Waals surface area contributed by atoms with E-state index in [0.29, 0.717) is 12.8 Å². The highest BCUT2D eigenvalue weighted by atomic mass is 16.6. The van der Waals surface area contributed by atoms with Crippen molar-refractivity contribution in [1.82, 2.24) is 0 Å². The maximum Gasteiger partial charge on any atom is 0.306 e. The summed E-state index contributed by atoms with van der Waals surface area (Å²) in [6.07, 6.45) is 61.2. The Morgan fingerprint density at radius 3 is 1.04 bits per heavy atom. The quantitative estimate of drug-likeness (QED) is 0.0259. The SMILES string of the molecule is CCCCCCCCCC/C=C\CCCCCCCCCCCC(=O)OC(COCCC(C(=O)[O-])[N+](C)(C)C)COC(=O)CCCCCCCCCCCCCCCCCCCCCCCCCC. The minimum absolute atomic E-state index is 0.0466. The highest BCUT2D eigenvalue weighted by Gasteiger charge is 2.25. The first-order chi connectivity index (χ1) is 33.6. The van der Waals surface area contributed by atoms with Gasteiger partial charge < -0.3 is 28.6 Å². The first-order valence-corrected chi connectivity index (χ1v) is 30.2.